The maximum Gasteiger partial charge on any atom is 0.410 e. The van der Waals surface area contributed by atoms with Gasteiger partial charge in [-0.05, 0) is 42.2 Å². The number of morpholine rings is 1. The number of hydrogen-bond donors (Lipinski definition) is 1. The van der Waals surface area contributed by atoms with Crippen molar-refractivity contribution in [3.63, 3.8) is 0 Å². The predicted molar refractivity (Wildman–Crippen MR) is 142 cm³/mol. The van der Waals surface area contributed by atoms with E-state index in [0.29, 0.717) is 19.8 Å². The number of benzene rings is 1. The van der Waals surface area contributed by atoms with Crippen LogP contribution < -0.4 is 10.1 Å². The molecule has 3 unspecified atom stereocenters. The van der Waals surface area contributed by atoms with Crippen molar-refractivity contribution < 1.29 is 23.7 Å². The fourth-order valence-electron chi connectivity index (χ4n) is 5.52. The Morgan fingerprint density at radius 2 is 1.95 bits per heavy atom. The summed E-state index contributed by atoms with van der Waals surface area (Å²) in [4.78, 5) is 17.3. The first kappa shape index (κ1) is 26.1. The maximum atomic E-state index is 13.1. The summed E-state index contributed by atoms with van der Waals surface area (Å²) in [5, 5.41) is 4.43. The highest BCUT2D eigenvalue weighted by Gasteiger charge is 2.43. The predicted octanol–water partition coefficient (Wildman–Crippen LogP) is 3.85. The minimum absolute atomic E-state index is 0.147. The highest BCUT2D eigenvalue weighted by atomic mass is 35.5. The lowest BCUT2D eigenvalue weighted by molar-refractivity contribution is 0.0358. The molecule has 8 nitrogen and oxygen atoms in total. The van der Waals surface area contributed by atoms with Gasteiger partial charge in [0.1, 0.15) is 18.4 Å². The van der Waals surface area contributed by atoms with Gasteiger partial charge >= 0.3 is 6.09 Å². The Kier molecular flexibility index (Phi) is 8.71. The SMILES string of the molecule is COCCOC(=O)N1CCC2=C(NC3C=CC(Cl)=CC23)C1c1ccc(OCCCN2CCOCC2)cc1. The molecule has 1 aliphatic carbocycles. The second kappa shape index (κ2) is 12.3. The summed E-state index contributed by atoms with van der Waals surface area (Å²) in [7, 11) is 1.59. The Hall–Kier alpha value is -2.52. The monoisotopic (exact) mass is 529 g/mol. The number of carbonyl (C=O) groups excluding carboxylic acids is 1. The fourth-order valence-corrected chi connectivity index (χ4v) is 5.73. The summed E-state index contributed by atoms with van der Waals surface area (Å²) < 4.78 is 22.0. The zero-order valence-corrected chi connectivity index (χ0v) is 22.1. The lowest BCUT2D eigenvalue weighted by Crippen LogP contribution is -2.42. The Morgan fingerprint density at radius 1 is 1.14 bits per heavy atom. The summed E-state index contributed by atoms with van der Waals surface area (Å²) in [6, 6.07) is 7.97. The maximum absolute atomic E-state index is 13.1. The summed E-state index contributed by atoms with van der Waals surface area (Å²) in [5.74, 6) is 1.03. The van der Waals surface area contributed by atoms with Gasteiger partial charge in [0.25, 0.3) is 0 Å². The Morgan fingerprint density at radius 3 is 2.73 bits per heavy atom. The van der Waals surface area contributed by atoms with Crippen LogP contribution in [0, 0.1) is 5.92 Å². The van der Waals surface area contributed by atoms with Crippen LogP contribution in [-0.2, 0) is 14.2 Å². The minimum Gasteiger partial charge on any atom is -0.494 e. The quantitative estimate of drug-likeness (QED) is 0.487. The number of fused-ring (bicyclic) bond motifs is 2. The number of halogens is 1. The molecular formula is C28H36ClN3O5. The summed E-state index contributed by atoms with van der Waals surface area (Å²) in [5.41, 5.74) is 3.39. The average Bonchev–Trinajstić information content (AvgIpc) is 3.29. The van der Waals surface area contributed by atoms with Crippen molar-refractivity contribution in [3.8, 4) is 5.75 Å². The van der Waals surface area contributed by atoms with E-state index in [1.165, 1.54) is 5.57 Å². The number of allylic oxidation sites excluding steroid dienone is 2. The zero-order valence-electron chi connectivity index (χ0n) is 21.4. The second-order valence-corrected chi connectivity index (χ2v) is 10.2. The molecule has 1 aromatic carbocycles. The van der Waals surface area contributed by atoms with E-state index in [-0.39, 0.29) is 30.7 Å². The number of ether oxygens (including phenoxy) is 4. The van der Waals surface area contributed by atoms with Crippen molar-refractivity contribution in [2.24, 2.45) is 5.92 Å². The van der Waals surface area contributed by atoms with Crippen molar-refractivity contribution >= 4 is 17.7 Å². The Balaban J connectivity index is 1.29. The number of carbonyl (C=O) groups is 1. The number of rotatable bonds is 9. The number of amides is 1. The van der Waals surface area contributed by atoms with Gasteiger partial charge in [0.2, 0.25) is 0 Å². The molecule has 3 heterocycles. The lowest BCUT2D eigenvalue weighted by atomic mass is 9.85. The van der Waals surface area contributed by atoms with Crippen molar-refractivity contribution in [3.05, 3.63) is 64.4 Å². The molecule has 37 heavy (non-hydrogen) atoms. The van der Waals surface area contributed by atoms with Gasteiger partial charge in [-0.1, -0.05) is 35.9 Å². The molecule has 0 radical (unpaired) electrons. The van der Waals surface area contributed by atoms with Gasteiger partial charge < -0.3 is 24.3 Å². The van der Waals surface area contributed by atoms with Crippen LogP contribution in [0.25, 0.3) is 0 Å². The molecular weight excluding hydrogens is 494 g/mol. The third-order valence-electron chi connectivity index (χ3n) is 7.40. The standard InChI is InChI=1S/C28H36ClN3O5/c1-34-17-18-37-28(33)32-11-9-23-24-19-21(29)5-8-25(24)30-26(23)27(32)20-3-6-22(7-4-20)36-14-2-10-31-12-15-35-16-13-31/h3-8,19,24-25,27,30H,2,9-18H2,1H3. The van der Waals surface area contributed by atoms with Crippen molar-refractivity contribution in [1.82, 2.24) is 15.1 Å². The van der Waals surface area contributed by atoms with Gasteiger partial charge in [0.15, 0.2) is 0 Å². The molecule has 1 aromatic rings. The molecule has 1 N–H and O–H groups in total. The molecule has 9 heteroatoms. The van der Waals surface area contributed by atoms with Gasteiger partial charge in [-0.25, -0.2) is 4.79 Å². The molecule has 0 spiro atoms. The van der Waals surface area contributed by atoms with Crippen LogP contribution >= 0.6 is 11.6 Å². The number of methoxy groups -OCH3 is 1. The van der Waals surface area contributed by atoms with Gasteiger partial charge in [-0.3, -0.25) is 9.80 Å². The van der Waals surface area contributed by atoms with E-state index in [1.807, 2.05) is 23.1 Å². The Bertz CT molecular complexity index is 1030. The number of nitrogens with zero attached hydrogens (tertiary/aromatic N) is 2. The van der Waals surface area contributed by atoms with Crippen molar-refractivity contribution in [1.29, 1.82) is 0 Å². The highest BCUT2D eigenvalue weighted by molar-refractivity contribution is 6.31. The minimum atomic E-state index is -0.335. The normalized spacial score (nSPS) is 25.3. The molecule has 1 fully saturated rings. The van der Waals surface area contributed by atoms with E-state index in [4.69, 9.17) is 30.5 Å². The highest BCUT2D eigenvalue weighted by Crippen LogP contribution is 2.45. The molecule has 200 valence electrons. The molecule has 0 bridgehead atoms. The van der Waals surface area contributed by atoms with Gasteiger partial charge in [0, 0.05) is 49.9 Å². The zero-order chi connectivity index (χ0) is 25.6. The molecule has 0 aromatic heterocycles. The van der Waals surface area contributed by atoms with Crippen molar-refractivity contribution in [2.75, 3.05) is 66.3 Å². The molecule has 0 saturated carbocycles. The smallest absolute Gasteiger partial charge is 0.410 e. The molecule has 4 aliphatic rings. The van der Waals surface area contributed by atoms with Gasteiger partial charge in [-0.15, -0.1) is 0 Å². The van der Waals surface area contributed by atoms with E-state index >= 15 is 0 Å². The third-order valence-corrected chi connectivity index (χ3v) is 7.65. The largest absolute Gasteiger partial charge is 0.494 e. The van der Waals surface area contributed by atoms with Crippen LogP contribution in [0.1, 0.15) is 24.4 Å². The van der Waals surface area contributed by atoms with Crippen LogP contribution in [0.4, 0.5) is 4.79 Å². The molecule has 1 amide bonds. The van der Waals surface area contributed by atoms with E-state index in [1.54, 1.807) is 7.11 Å². The van der Waals surface area contributed by atoms with Gasteiger partial charge in [0.05, 0.1) is 32.5 Å². The van der Waals surface area contributed by atoms with Crippen molar-refractivity contribution in [2.45, 2.75) is 24.9 Å². The van der Waals surface area contributed by atoms with E-state index in [2.05, 4.69) is 34.5 Å². The van der Waals surface area contributed by atoms with Crippen LogP contribution in [0.3, 0.4) is 0 Å². The van der Waals surface area contributed by atoms with E-state index in [9.17, 15) is 4.79 Å². The lowest BCUT2D eigenvalue weighted by Gasteiger charge is -2.37. The number of hydrogen-bond acceptors (Lipinski definition) is 7. The van der Waals surface area contributed by atoms with Gasteiger partial charge in [-0.2, -0.15) is 0 Å². The van der Waals surface area contributed by atoms with Crippen LogP contribution in [-0.4, -0.2) is 88.3 Å². The summed E-state index contributed by atoms with van der Waals surface area (Å²) in [6.07, 6.45) is 7.57. The first-order chi connectivity index (χ1) is 18.1. The summed E-state index contributed by atoms with van der Waals surface area (Å²) in [6.45, 7) is 6.46. The molecule has 5 rings (SSSR count). The Labute approximate surface area is 223 Å². The molecule has 3 atom stereocenters. The van der Waals surface area contributed by atoms with E-state index in [0.717, 1.165) is 67.7 Å². The molecule has 3 aliphatic heterocycles. The van der Waals surface area contributed by atoms with E-state index < -0.39 is 0 Å². The third kappa shape index (κ3) is 6.14. The first-order valence-electron chi connectivity index (χ1n) is 13.1. The fraction of sp³-hybridized carbons (Fsp3) is 0.536. The number of nitrogens with one attached hydrogen (secondary N) is 1. The topological polar surface area (TPSA) is 72.5 Å². The first-order valence-corrected chi connectivity index (χ1v) is 13.5. The van der Waals surface area contributed by atoms with Crippen LogP contribution in [0.2, 0.25) is 0 Å². The van der Waals surface area contributed by atoms with Crippen LogP contribution in [0.15, 0.2) is 58.8 Å². The average molecular weight is 530 g/mol. The summed E-state index contributed by atoms with van der Waals surface area (Å²) >= 11 is 6.34. The second-order valence-electron chi connectivity index (χ2n) is 9.72. The molecule has 1 saturated heterocycles. The van der Waals surface area contributed by atoms with Crippen LogP contribution in [0.5, 0.6) is 5.75 Å².